The molecule has 0 fully saturated rings. The summed E-state index contributed by atoms with van der Waals surface area (Å²) in [6, 6.07) is 1.62. The van der Waals surface area contributed by atoms with E-state index in [1.807, 2.05) is 0 Å². The van der Waals surface area contributed by atoms with E-state index in [2.05, 4.69) is 25.5 Å². The van der Waals surface area contributed by atoms with Crippen molar-refractivity contribution in [1.82, 2.24) is 25.5 Å². The smallest absolute Gasteiger partial charge is 0.252 e. The number of amides is 1. The zero-order valence-electron chi connectivity index (χ0n) is 8.55. The predicted octanol–water partition coefficient (Wildman–Crippen LogP) is 0.172. The molecule has 6 heteroatoms. The Bertz CT molecular complexity index is 439. The Morgan fingerprint density at radius 2 is 2.31 bits per heavy atom. The van der Waals surface area contributed by atoms with Crippen LogP contribution < -0.4 is 5.32 Å². The van der Waals surface area contributed by atoms with Crippen molar-refractivity contribution in [3.63, 3.8) is 0 Å². The Morgan fingerprint density at radius 1 is 1.38 bits per heavy atom. The van der Waals surface area contributed by atoms with Gasteiger partial charge in [0.1, 0.15) is 0 Å². The molecule has 0 saturated heterocycles. The van der Waals surface area contributed by atoms with E-state index in [1.54, 1.807) is 18.6 Å². The molecule has 16 heavy (non-hydrogen) atoms. The Balaban J connectivity index is 1.81. The Hall–Kier alpha value is -2.24. The highest BCUT2D eigenvalue weighted by molar-refractivity contribution is 5.93. The predicted molar refractivity (Wildman–Crippen MR) is 56.7 cm³/mol. The summed E-state index contributed by atoms with van der Waals surface area (Å²) in [5.41, 5.74) is 1.51. The zero-order valence-corrected chi connectivity index (χ0v) is 8.55. The minimum absolute atomic E-state index is 0.144. The van der Waals surface area contributed by atoms with Gasteiger partial charge in [0.05, 0.1) is 24.3 Å². The Kier molecular flexibility index (Phi) is 3.22. The molecule has 0 saturated carbocycles. The molecule has 0 bridgehead atoms. The van der Waals surface area contributed by atoms with Crippen molar-refractivity contribution in [3.05, 3.63) is 42.2 Å². The number of aromatic nitrogens is 4. The minimum atomic E-state index is -0.144. The summed E-state index contributed by atoms with van der Waals surface area (Å²) in [4.78, 5) is 18.4. The van der Waals surface area contributed by atoms with Crippen molar-refractivity contribution < 1.29 is 4.79 Å². The van der Waals surface area contributed by atoms with E-state index in [1.165, 1.54) is 12.4 Å². The zero-order chi connectivity index (χ0) is 11.2. The lowest BCUT2D eigenvalue weighted by Crippen LogP contribution is -2.25. The van der Waals surface area contributed by atoms with Crippen LogP contribution in [-0.4, -0.2) is 32.6 Å². The largest absolute Gasteiger partial charge is 0.352 e. The number of aromatic amines is 1. The van der Waals surface area contributed by atoms with Gasteiger partial charge in [-0.1, -0.05) is 0 Å². The van der Waals surface area contributed by atoms with Gasteiger partial charge in [0.2, 0.25) is 0 Å². The highest BCUT2D eigenvalue weighted by Crippen LogP contribution is 1.94. The Labute approximate surface area is 92.1 Å². The Morgan fingerprint density at radius 3 is 3.00 bits per heavy atom. The summed E-state index contributed by atoms with van der Waals surface area (Å²) in [7, 11) is 0. The first kappa shape index (κ1) is 10.3. The van der Waals surface area contributed by atoms with Crippen LogP contribution in [0.5, 0.6) is 0 Å². The molecule has 0 atom stereocenters. The molecule has 6 nitrogen and oxygen atoms in total. The lowest BCUT2D eigenvalue weighted by Gasteiger charge is -2.02. The van der Waals surface area contributed by atoms with Gasteiger partial charge in [-0.15, -0.1) is 0 Å². The van der Waals surface area contributed by atoms with E-state index in [4.69, 9.17) is 0 Å². The number of carbonyl (C=O) groups excluding carboxylic acids is 1. The summed E-state index contributed by atoms with van der Waals surface area (Å²) >= 11 is 0. The number of rotatable bonds is 4. The van der Waals surface area contributed by atoms with Crippen LogP contribution in [0.4, 0.5) is 0 Å². The van der Waals surface area contributed by atoms with Crippen molar-refractivity contribution in [3.8, 4) is 0 Å². The number of nitrogens with zero attached hydrogens (tertiary/aromatic N) is 3. The van der Waals surface area contributed by atoms with Crippen LogP contribution in [0.15, 0.2) is 31.0 Å². The minimum Gasteiger partial charge on any atom is -0.352 e. The second-order valence-corrected chi connectivity index (χ2v) is 3.21. The fraction of sp³-hybridized carbons (Fsp3) is 0.200. The molecule has 0 aliphatic heterocycles. The number of imidazole rings is 1. The standard InChI is InChI=1S/C10H11N5O/c16-10(8-1-4-14-15-5-8)12-3-2-9-6-11-7-13-9/h1,4-7H,2-3H2,(H,11,13)(H,12,16). The molecule has 0 aliphatic carbocycles. The van der Waals surface area contributed by atoms with Crippen LogP contribution in [0.1, 0.15) is 16.1 Å². The molecule has 0 radical (unpaired) electrons. The third-order valence-electron chi connectivity index (χ3n) is 2.08. The molecular formula is C10H11N5O. The molecule has 2 aromatic heterocycles. The monoisotopic (exact) mass is 217 g/mol. The summed E-state index contributed by atoms with van der Waals surface area (Å²) in [6.45, 7) is 0.559. The van der Waals surface area contributed by atoms with Crippen LogP contribution in [0.25, 0.3) is 0 Å². The molecule has 82 valence electrons. The van der Waals surface area contributed by atoms with Gasteiger partial charge in [-0.3, -0.25) is 4.79 Å². The van der Waals surface area contributed by atoms with Crippen LogP contribution in [0.3, 0.4) is 0 Å². The van der Waals surface area contributed by atoms with E-state index in [0.29, 0.717) is 12.1 Å². The van der Waals surface area contributed by atoms with Crippen LogP contribution in [0.2, 0.25) is 0 Å². The summed E-state index contributed by atoms with van der Waals surface area (Å²) in [5, 5.41) is 10.0. The van der Waals surface area contributed by atoms with Gasteiger partial charge in [0.15, 0.2) is 0 Å². The lowest BCUT2D eigenvalue weighted by molar-refractivity contribution is 0.0953. The molecule has 0 unspecified atom stereocenters. The lowest BCUT2D eigenvalue weighted by atomic mass is 10.3. The molecule has 2 N–H and O–H groups in total. The number of carbonyl (C=O) groups is 1. The molecular weight excluding hydrogens is 206 g/mol. The highest BCUT2D eigenvalue weighted by Gasteiger charge is 2.04. The highest BCUT2D eigenvalue weighted by atomic mass is 16.1. The summed E-state index contributed by atoms with van der Waals surface area (Å²) in [6.07, 6.45) is 7.00. The van der Waals surface area contributed by atoms with E-state index in [0.717, 1.165) is 12.1 Å². The van der Waals surface area contributed by atoms with E-state index < -0.39 is 0 Å². The third-order valence-corrected chi connectivity index (χ3v) is 2.08. The molecule has 2 heterocycles. The molecule has 0 spiro atoms. The fourth-order valence-corrected chi connectivity index (χ4v) is 1.26. The quantitative estimate of drug-likeness (QED) is 0.764. The first-order valence-electron chi connectivity index (χ1n) is 4.88. The number of H-pyrrole nitrogens is 1. The van der Waals surface area contributed by atoms with Crippen molar-refractivity contribution in [2.75, 3.05) is 6.54 Å². The normalized spacial score (nSPS) is 10.0. The first-order chi connectivity index (χ1) is 7.86. The summed E-state index contributed by atoms with van der Waals surface area (Å²) < 4.78 is 0. The second-order valence-electron chi connectivity index (χ2n) is 3.21. The third kappa shape index (κ3) is 2.63. The second kappa shape index (κ2) is 5.01. The SMILES string of the molecule is O=C(NCCc1cnc[nH]1)c1ccnnc1. The van der Waals surface area contributed by atoms with Gasteiger partial charge >= 0.3 is 0 Å². The topological polar surface area (TPSA) is 83.6 Å². The summed E-state index contributed by atoms with van der Waals surface area (Å²) in [5.74, 6) is -0.144. The molecule has 0 aromatic carbocycles. The van der Waals surface area contributed by atoms with E-state index in [9.17, 15) is 4.79 Å². The number of nitrogens with one attached hydrogen (secondary N) is 2. The van der Waals surface area contributed by atoms with Crippen LogP contribution in [-0.2, 0) is 6.42 Å². The van der Waals surface area contributed by atoms with Crippen LogP contribution in [0, 0.1) is 0 Å². The average Bonchev–Trinajstić information content (AvgIpc) is 2.83. The molecule has 0 aliphatic rings. The number of hydrogen-bond acceptors (Lipinski definition) is 4. The average molecular weight is 217 g/mol. The molecule has 2 aromatic rings. The van der Waals surface area contributed by atoms with Gasteiger partial charge in [0, 0.05) is 24.9 Å². The first-order valence-corrected chi connectivity index (χ1v) is 4.88. The number of hydrogen-bond donors (Lipinski definition) is 2. The van der Waals surface area contributed by atoms with Gasteiger partial charge in [-0.25, -0.2) is 4.98 Å². The van der Waals surface area contributed by atoms with Crippen molar-refractivity contribution in [1.29, 1.82) is 0 Å². The molecule has 2 rings (SSSR count). The van der Waals surface area contributed by atoms with Gasteiger partial charge in [-0.05, 0) is 6.07 Å². The van der Waals surface area contributed by atoms with Gasteiger partial charge in [-0.2, -0.15) is 10.2 Å². The van der Waals surface area contributed by atoms with Crippen molar-refractivity contribution >= 4 is 5.91 Å². The van der Waals surface area contributed by atoms with Gasteiger partial charge < -0.3 is 10.3 Å². The van der Waals surface area contributed by atoms with Crippen molar-refractivity contribution in [2.45, 2.75) is 6.42 Å². The van der Waals surface area contributed by atoms with Crippen molar-refractivity contribution in [2.24, 2.45) is 0 Å². The fourth-order valence-electron chi connectivity index (χ4n) is 1.26. The van der Waals surface area contributed by atoms with Crippen LogP contribution >= 0.6 is 0 Å². The maximum atomic E-state index is 11.6. The van der Waals surface area contributed by atoms with E-state index in [-0.39, 0.29) is 5.91 Å². The molecule has 1 amide bonds. The maximum absolute atomic E-state index is 11.6. The van der Waals surface area contributed by atoms with Gasteiger partial charge in [0.25, 0.3) is 5.91 Å². The van der Waals surface area contributed by atoms with E-state index >= 15 is 0 Å². The maximum Gasteiger partial charge on any atom is 0.252 e.